The monoisotopic (exact) mass is 373 g/mol. The van der Waals surface area contributed by atoms with Crippen LogP contribution in [-0.4, -0.2) is 54.2 Å². The van der Waals surface area contributed by atoms with Gasteiger partial charge in [-0.1, -0.05) is 12.1 Å². The minimum Gasteiger partial charge on any atom is -0.497 e. The fraction of sp³-hybridized carbons (Fsp3) is 0.421. The molecular weight excluding hydrogens is 346 g/mol. The summed E-state index contributed by atoms with van der Waals surface area (Å²) in [6, 6.07) is 7.55. The van der Waals surface area contributed by atoms with Crippen molar-refractivity contribution in [3.05, 3.63) is 41.2 Å². The summed E-state index contributed by atoms with van der Waals surface area (Å²) in [7, 11) is 7.24. The highest BCUT2D eigenvalue weighted by Gasteiger charge is 2.21. The van der Waals surface area contributed by atoms with Gasteiger partial charge >= 0.3 is 11.8 Å². The Kier molecular flexibility index (Phi) is 6.57. The quantitative estimate of drug-likeness (QED) is 0.748. The summed E-state index contributed by atoms with van der Waals surface area (Å²) in [6.45, 7) is 3.92. The Morgan fingerprint density at radius 1 is 1.19 bits per heavy atom. The van der Waals surface area contributed by atoms with Crippen LogP contribution in [0.15, 0.2) is 24.3 Å². The van der Waals surface area contributed by atoms with Crippen LogP contribution in [0, 0.1) is 13.8 Å². The van der Waals surface area contributed by atoms with Crippen LogP contribution < -0.4 is 15.4 Å². The van der Waals surface area contributed by atoms with Gasteiger partial charge in [-0.3, -0.25) is 14.3 Å². The number of anilines is 1. The van der Waals surface area contributed by atoms with E-state index in [1.165, 1.54) is 0 Å². The zero-order valence-corrected chi connectivity index (χ0v) is 16.7. The van der Waals surface area contributed by atoms with Gasteiger partial charge in [-0.15, -0.1) is 0 Å². The van der Waals surface area contributed by atoms with Crippen molar-refractivity contribution in [3.8, 4) is 5.75 Å². The third-order valence-electron chi connectivity index (χ3n) is 4.53. The summed E-state index contributed by atoms with van der Waals surface area (Å²) >= 11 is 0. The third-order valence-corrected chi connectivity index (χ3v) is 4.53. The van der Waals surface area contributed by atoms with Crippen molar-refractivity contribution in [2.45, 2.75) is 19.9 Å². The van der Waals surface area contributed by atoms with E-state index in [9.17, 15) is 9.59 Å². The molecular formula is C19H27N5O3. The molecule has 2 aromatic rings. The molecule has 2 amide bonds. The Labute approximate surface area is 159 Å². The molecule has 0 aliphatic carbocycles. The van der Waals surface area contributed by atoms with Gasteiger partial charge < -0.3 is 20.3 Å². The zero-order chi connectivity index (χ0) is 20.1. The van der Waals surface area contributed by atoms with Crippen LogP contribution in [-0.2, 0) is 16.6 Å². The summed E-state index contributed by atoms with van der Waals surface area (Å²) in [6.07, 6.45) is 0. The van der Waals surface area contributed by atoms with Gasteiger partial charge in [-0.2, -0.15) is 5.10 Å². The summed E-state index contributed by atoms with van der Waals surface area (Å²) in [5, 5.41) is 9.58. The number of aryl methyl sites for hydroxylation is 2. The van der Waals surface area contributed by atoms with E-state index in [1.54, 1.807) is 25.8 Å². The van der Waals surface area contributed by atoms with Gasteiger partial charge in [0.15, 0.2) is 0 Å². The minimum absolute atomic E-state index is 0.0745. The van der Waals surface area contributed by atoms with E-state index in [0.717, 1.165) is 17.0 Å². The van der Waals surface area contributed by atoms with E-state index >= 15 is 0 Å². The third kappa shape index (κ3) is 4.85. The number of likely N-dealkylation sites (N-methyl/N-ethyl adjacent to an activating group) is 1. The van der Waals surface area contributed by atoms with Crippen LogP contribution in [0.25, 0.3) is 0 Å². The molecule has 0 saturated heterocycles. The first kappa shape index (κ1) is 20.4. The molecule has 0 spiro atoms. The Hall–Kier alpha value is -2.87. The molecule has 1 aromatic heterocycles. The predicted molar refractivity (Wildman–Crippen MR) is 104 cm³/mol. The molecule has 0 bridgehead atoms. The highest BCUT2D eigenvalue weighted by Crippen LogP contribution is 2.21. The lowest BCUT2D eigenvalue weighted by Gasteiger charge is -2.25. The molecule has 2 N–H and O–H groups in total. The highest BCUT2D eigenvalue weighted by molar-refractivity contribution is 6.39. The first-order valence-electron chi connectivity index (χ1n) is 8.64. The molecule has 146 valence electrons. The summed E-state index contributed by atoms with van der Waals surface area (Å²) in [5.74, 6) is -0.624. The average Bonchev–Trinajstić information content (AvgIpc) is 2.88. The van der Waals surface area contributed by atoms with Crippen LogP contribution >= 0.6 is 0 Å². The van der Waals surface area contributed by atoms with Crippen molar-refractivity contribution in [1.82, 2.24) is 20.0 Å². The maximum Gasteiger partial charge on any atom is 0.313 e. The summed E-state index contributed by atoms with van der Waals surface area (Å²) in [5.41, 5.74) is 3.04. The van der Waals surface area contributed by atoms with Gasteiger partial charge in [0.1, 0.15) is 5.75 Å². The highest BCUT2D eigenvalue weighted by atomic mass is 16.5. The van der Waals surface area contributed by atoms with Crippen molar-refractivity contribution in [1.29, 1.82) is 0 Å². The zero-order valence-electron chi connectivity index (χ0n) is 16.7. The van der Waals surface area contributed by atoms with Crippen molar-refractivity contribution < 1.29 is 14.3 Å². The Morgan fingerprint density at radius 3 is 2.30 bits per heavy atom. The van der Waals surface area contributed by atoms with Crippen LogP contribution in [0.4, 0.5) is 5.69 Å². The van der Waals surface area contributed by atoms with E-state index in [0.29, 0.717) is 17.9 Å². The number of nitrogens with zero attached hydrogens (tertiary/aromatic N) is 3. The van der Waals surface area contributed by atoms with Gasteiger partial charge in [0, 0.05) is 13.6 Å². The van der Waals surface area contributed by atoms with Crippen molar-refractivity contribution >= 4 is 17.5 Å². The number of amides is 2. The number of benzene rings is 1. The SMILES string of the molecule is COc1ccc(C(CNC(=O)C(=O)Nc2c(C)nn(C)c2C)N(C)C)cc1. The Morgan fingerprint density at radius 2 is 1.81 bits per heavy atom. The van der Waals surface area contributed by atoms with Crippen molar-refractivity contribution in [2.24, 2.45) is 7.05 Å². The molecule has 27 heavy (non-hydrogen) atoms. The molecule has 8 nitrogen and oxygen atoms in total. The van der Waals surface area contributed by atoms with E-state index < -0.39 is 11.8 Å². The molecule has 1 heterocycles. The number of nitrogens with one attached hydrogen (secondary N) is 2. The summed E-state index contributed by atoms with van der Waals surface area (Å²) < 4.78 is 6.83. The lowest BCUT2D eigenvalue weighted by molar-refractivity contribution is -0.136. The normalized spacial score (nSPS) is 12.0. The minimum atomic E-state index is -0.707. The largest absolute Gasteiger partial charge is 0.497 e. The second-order valence-corrected chi connectivity index (χ2v) is 6.59. The molecule has 0 fully saturated rings. The average molecular weight is 373 g/mol. The number of carbonyl (C=O) groups excluding carboxylic acids is 2. The van der Waals surface area contributed by atoms with Crippen LogP contribution in [0.2, 0.25) is 0 Å². The smallest absolute Gasteiger partial charge is 0.313 e. The van der Waals surface area contributed by atoms with Crippen molar-refractivity contribution in [3.63, 3.8) is 0 Å². The lowest BCUT2D eigenvalue weighted by atomic mass is 10.1. The fourth-order valence-corrected chi connectivity index (χ4v) is 2.82. The van der Waals surface area contributed by atoms with Crippen molar-refractivity contribution in [2.75, 3.05) is 33.1 Å². The maximum atomic E-state index is 12.2. The standard InChI is InChI=1S/C19H27N5O3/c1-12-17(13(2)24(5)22-12)21-19(26)18(25)20-11-16(23(3)4)14-7-9-15(27-6)10-8-14/h7-10,16H,11H2,1-6H3,(H,20,25)(H,21,26). The Balaban J connectivity index is 2.01. The molecule has 2 rings (SSSR count). The molecule has 0 radical (unpaired) electrons. The molecule has 1 aromatic carbocycles. The van der Waals surface area contributed by atoms with Gasteiger partial charge in [0.25, 0.3) is 0 Å². The van der Waals surface area contributed by atoms with E-state index in [1.807, 2.05) is 50.2 Å². The van der Waals surface area contributed by atoms with Gasteiger partial charge in [-0.25, -0.2) is 0 Å². The predicted octanol–water partition coefficient (Wildman–Crippen LogP) is 1.40. The fourth-order valence-electron chi connectivity index (χ4n) is 2.82. The number of methoxy groups -OCH3 is 1. The number of hydrogen-bond acceptors (Lipinski definition) is 5. The van der Waals surface area contributed by atoms with Gasteiger partial charge in [0.2, 0.25) is 0 Å². The number of hydrogen-bond donors (Lipinski definition) is 2. The first-order valence-corrected chi connectivity index (χ1v) is 8.64. The molecule has 8 heteroatoms. The van der Waals surface area contributed by atoms with Crippen LogP contribution in [0.5, 0.6) is 5.75 Å². The molecule has 0 aliphatic rings. The molecule has 0 aliphatic heterocycles. The number of rotatable bonds is 6. The number of ether oxygens (including phenoxy) is 1. The lowest BCUT2D eigenvalue weighted by Crippen LogP contribution is -2.40. The summed E-state index contributed by atoms with van der Waals surface area (Å²) in [4.78, 5) is 26.5. The Bertz CT molecular complexity index is 811. The second-order valence-electron chi connectivity index (χ2n) is 6.59. The van der Waals surface area contributed by atoms with E-state index in [2.05, 4.69) is 15.7 Å². The van der Waals surface area contributed by atoms with Crippen LogP contribution in [0.1, 0.15) is 23.0 Å². The molecule has 0 saturated carbocycles. The van der Waals surface area contributed by atoms with Gasteiger partial charge in [-0.05, 0) is 45.6 Å². The maximum absolute atomic E-state index is 12.2. The number of carbonyl (C=O) groups is 2. The molecule has 1 unspecified atom stereocenters. The van der Waals surface area contributed by atoms with E-state index in [-0.39, 0.29) is 6.04 Å². The molecule has 1 atom stereocenters. The van der Waals surface area contributed by atoms with Gasteiger partial charge in [0.05, 0.1) is 30.2 Å². The first-order chi connectivity index (χ1) is 12.7. The van der Waals surface area contributed by atoms with E-state index in [4.69, 9.17) is 4.74 Å². The van der Waals surface area contributed by atoms with Crippen LogP contribution in [0.3, 0.4) is 0 Å². The topological polar surface area (TPSA) is 88.5 Å². The second kappa shape index (κ2) is 8.68. The number of aromatic nitrogens is 2.